The normalized spacial score (nSPS) is 14.9. The molecule has 2 aromatic carbocycles. The number of carbonyl (C=O) groups excluding carboxylic acids is 2. The van der Waals surface area contributed by atoms with Gasteiger partial charge in [0, 0.05) is 41.7 Å². The Morgan fingerprint density at radius 2 is 1.83 bits per heavy atom. The third-order valence-electron chi connectivity index (χ3n) is 6.20. The Labute approximate surface area is 218 Å². The van der Waals surface area contributed by atoms with Gasteiger partial charge in [-0.2, -0.15) is 0 Å². The molecule has 1 aliphatic heterocycles. The van der Waals surface area contributed by atoms with Crippen molar-refractivity contribution in [2.75, 3.05) is 40.5 Å². The van der Waals surface area contributed by atoms with Gasteiger partial charge in [0.25, 0.3) is 5.91 Å². The summed E-state index contributed by atoms with van der Waals surface area (Å²) < 4.78 is 11.4. The zero-order chi connectivity index (χ0) is 24.8. The molecular formula is C27H29BrN2O4S. The van der Waals surface area contributed by atoms with Gasteiger partial charge in [-0.1, -0.05) is 28.1 Å². The van der Waals surface area contributed by atoms with Crippen LogP contribution in [-0.4, -0.2) is 62.1 Å². The third-order valence-corrected chi connectivity index (χ3v) is 7.72. The highest BCUT2D eigenvalue weighted by Crippen LogP contribution is 2.38. The molecule has 3 aromatic rings. The average molecular weight is 558 g/mol. The number of hydrogen-bond acceptors (Lipinski definition) is 5. The zero-order valence-electron chi connectivity index (χ0n) is 19.9. The highest BCUT2D eigenvalue weighted by Gasteiger charge is 2.34. The molecule has 35 heavy (non-hydrogen) atoms. The number of rotatable bonds is 9. The number of nitrogens with zero attached hydrogens (tertiary/aromatic N) is 2. The van der Waals surface area contributed by atoms with Gasteiger partial charge in [-0.15, -0.1) is 11.3 Å². The third kappa shape index (κ3) is 5.94. The van der Waals surface area contributed by atoms with Crippen LogP contribution in [0.25, 0.3) is 0 Å². The van der Waals surface area contributed by atoms with Crippen molar-refractivity contribution in [3.63, 3.8) is 0 Å². The molecule has 1 unspecified atom stereocenters. The highest BCUT2D eigenvalue weighted by molar-refractivity contribution is 9.10. The predicted octanol–water partition coefficient (Wildman–Crippen LogP) is 5.17. The second-order valence-corrected chi connectivity index (χ2v) is 10.3. The van der Waals surface area contributed by atoms with Crippen LogP contribution in [0.15, 0.2) is 64.5 Å². The van der Waals surface area contributed by atoms with Crippen molar-refractivity contribution >= 4 is 39.1 Å². The topological polar surface area (TPSA) is 59.1 Å². The predicted molar refractivity (Wildman–Crippen MR) is 141 cm³/mol. The summed E-state index contributed by atoms with van der Waals surface area (Å²) in [6.45, 7) is 1.60. The molecule has 0 radical (unpaired) electrons. The molecule has 0 bridgehead atoms. The van der Waals surface area contributed by atoms with E-state index in [-0.39, 0.29) is 24.4 Å². The molecule has 0 saturated carbocycles. The van der Waals surface area contributed by atoms with E-state index in [2.05, 4.69) is 27.4 Å². The lowest BCUT2D eigenvalue weighted by Gasteiger charge is -2.37. The number of benzene rings is 2. The van der Waals surface area contributed by atoms with E-state index < -0.39 is 0 Å². The summed E-state index contributed by atoms with van der Waals surface area (Å²) >= 11 is 5.14. The van der Waals surface area contributed by atoms with Crippen molar-refractivity contribution in [2.24, 2.45) is 0 Å². The van der Waals surface area contributed by atoms with E-state index >= 15 is 0 Å². The Morgan fingerprint density at radius 3 is 2.51 bits per heavy atom. The van der Waals surface area contributed by atoms with Gasteiger partial charge in [-0.05, 0) is 71.8 Å². The van der Waals surface area contributed by atoms with Crippen molar-refractivity contribution in [3.8, 4) is 5.75 Å². The smallest absolute Gasteiger partial charge is 0.254 e. The maximum absolute atomic E-state index is 13.7. The minimum atomic E-state index is -0.188. The van der Waals surface area contributed by atoms with E-state index in [0.29, 0.717) is 31.7 Å². The first kappa shape index (κ1) is 25.4. The largest absolute Gasteiger partial charge is 0.497 e. The van der Waals surface area contributed by atoms with Crippen molar-refractivity contribution in [1.82, 2.24) is 9.80 Å². The lowest BCUT2D eigenvalue weighted by molar-refractivity contribution is -0.134. The lowest BCUT2D eigenvalue weighted by atomic mass is 9.93. The van der Waals surface area contributed by atoms with Crippen LogP contribution < -0.4 is 4.74 Å². The van der Waals surface area contributed by atoms with Gasteiger partial charge in [0.15, 0.2) is 0 Å². The average Bonchev–Trinajstić information content (AvgIpc) is 3.37. The van der Waals surface area contributed by atoms with Crippen molar-refractivity contribution in [3.05, 3.63) is 86.0 Å². The van der Waals surface area contributed by atoms with Crippen LogP contribution in [0, 0.1) is 0 Å². The fourth-order valence-electron chi connectivity index (χ4n) is 4.41. The SMILES string of the molecule is COCCCN(CC(=O)N1CCc2sccc2C1c1ccc(OC)cc1)C(=O)c1ccc(Br)cc1. The molecule has 2 heterocycles. The second-order valence-electron chi connectivity index (χ2n) is 8.39. The van der Waals surface area contributed by atoms with Crippen LogP contribution in [0.4, 0.5) is 0 Å². The van der Waals surface area contributed by atoms with Gasteiger partial charge in [0.2, 0.25) is 5.91 Å². The molecule has 4 rings (SSSR count). The number of amides is 2. The van der Waals surface area contributed by atoms with Gasteiger partial charge in [-0.3, -0.25) is 9.59 Å². The first-order valence-corrected chi connectivity index (χ1v) is 13.2. The number of halogens is 1. The van der Waals surface area contributed by atoms with Crippen LogP contribution in [0.5, 0.6) is 5.75 Å². The molecule has 0 spiro atoms. The highest BCUT2D eigenvalue weighted by atomic mass is 79.9. The van der Waals surface area contributed by atoms with E-state index in [1.807, 2.05) is 41.3 Å². The summed E-state index contributed by atoms with van der Waals surface area (Å²) in [5.74, 6) is 0.555. The van der Waals surface area contributed by atoms with Gasteiger partial charge in [0.05, 0.1) is 13.2 Å². The quantitative estimate of drug-likeness (QED) is 0.341. The summed E-state index contributed by atoms with van der Waals surface area (Å²) in [6, 6.07) is 17.0. The maximum atomic E-state index is 13.7. The fraction of sp³-hybridized carbons (Fsp3) is 0.333. The lowest BCUT2D eigenvalue weighted by Crippen LogP contribution is -2.47. The summed E-state index contributed by atoms with van der Waals surface area (Å²) in [4.78, 5) is 31.9. The van der Waals surface area contributed by atoms with Crippen LogP contribution in [0.1, 0.15) is 38.8 Å². The minimum Gasteiger partial charge on any atom is -0.497 e. The molecule has 184 valence electrons. The number of fused-ring (bicyclic) bond motifs is 1. The molecule has 8 heteroatoms. The maximum Gasteiger partial charge on any atom is 0.254 e. The summed E-state index contributed by atoms with van der Waals surface area (Å²) in [5, 5.41) is 2.09. The van der Waals surface area contributed by atoms with E-state index in [1.165, 1.54) is 4.88 Å². The van der Waals surface area contributed by atoms with Crippen molar-refractivity contribution in [2.45, 2.75) is 18.9 Å². The van der Waals surface area contributed by atoms with E-state index in [1.54, 1.807) is 42.6 Å². The Morgan fingerprint density at radius 1 is 1.09 bits per heavy atom. The zero-order valence-corrected chi connectivity index (χ0v) is 22.3. The van der Waals surface area contributed by atoms with Crippen LogP contribution >= 0.6 is 27.3 Å². The molecule has 6 nitrogen and oxygen atoms in total. The number of methoxy groups -OCH3 is 2. The van der Waals surface area contributed by atoms with E-state index in [4.69, 9.17) is 9.47 Å². The van der Waals surface area contributed by atoms with Crippen molar-refractivity contribution < 1.29 is 19.1 Å². The van der Waals surface area contributed by atoms with Gasteiger partial charge >= 0.3 is 0 Å². The Hall–Kier alpha value is -2.68. The molecule has 1 aromatic heterocycles. The molecular weight excluding hydrogens is 528 g/mol. The number of ether oxygens (including phenoxy) is 2. The molecule has 1 aliphatic rings. The number of carbonyl (C=O) groups is 2. The van der Waals surface area contributed by atoms with Gasteiger partial charge in [0.1, 0.15) is 12.3 Å². The molecule has 0 N–H and O–H groups in total. The first-order chi connectivity index (χ1) is 17.0. The molecule has 0 saturated heterocycles. The van der Waals surface area contributed by atoms with Crippen LogP contribution in [0.3, 0.4) is 0 Å². The monoisotopic (exact) mass is 556 g/mol. The Balaban J connectivity index is 1.59. The van der Waals surface area contributed by atoms with E-state index in [9.17, 15) is 9.59 Å². The fourth-order valence-corrected chi connectivity index (χ4v) is 5.58. The Bertz CT molecular complexity index is 1150. The Kier molecular flexibility index (Phi) is 8.59. The standard InChI is InChI=1S/C27H29BrN2O4S/c1-33-16-3-14-29(27(32)20-4-8-21(28)9-5-20)18-25(31)30-15-12-24-23(13-17-35-24)26(30)19-6-10-22(34-2)11-7-19/h4-11,13,17,26H,3,12,14-16,18H2,1-2H3. The van der Waals surface area contributed by atoms with Crippen LogP contribution in [-0.2, 0) is 16.0 Å². The summed E-state index contributed by atoms with van der Waals surface area (Å²) in [6.07, 6.45) is 1.47. The molecule has 0 fully saturated rings. The second kappa shape index (κ2) is 11.8. The van der Waals surface area contributed by atoms with Crippen molar-refractivity contribution in [1.29, 1.82) is 0 Å². The molecule has 2 amide bonds. The van der Waals surface area contributed by atoms with Gasteiger partial charge in [-0.25, -0.2) is 0 Å². The summed E-state index contributed by atoms with van der Waals surface area (Å²) in [7, 11) is 3.28. The van der Waals surface area contributed by atoms with Crippen LogP contribution in [0.2, 0.25) is 0 Å². The molecule has 0 aliphatic carbocycles. The van der Waals surface area contributed by atoms with E-state index in [0.717, 1.165) is 27.8 Å². The number of hydrogen-bond donors (Lipinski definition) is 0. The van der Waals surface area contributed by atoms with Gasteiger partial charge < -0.3 is 19.3 Å². The minimum absolute atomic E-state index is 0.0186. The first-order valence-electron chi connectivity index (χ1n) is 11.5. The molecule has 1 atom stereocenters. The summed E-state index contributed by atoms with van der Waals surface area (Å²) in [5.41, 5.74) is 2.75. The number of thiophene rings is 1.